The number of allylic oxidation sites excluding steroid dienone is 8. The second kappa shape index (κ2) is 31.8. The Morgan fingerprint density at radius 1 is 0.648 bits per heavy atom. The summed E-state index contributed by atoms with van der Waals surface area (Å²) in [6.45, 7) is 3.55. The van der Waals surface area contributed by atoms with Crippen LogP contribution in [0.5, 0.6) is 0 Å². The molecule has 13 heteroatoms. The molecule has 6 atom stereocenters. The maximum Gasteiger partial charge on any atom is 0.306 e. The third-order valence-corrected chi connectivity index (χ3v) is 9.64. The number of aliphatic hydroxyl groups is 3. The molecule has 0 aromatic carbocycles. The summed E-state index contributed by atoms with van der Waals surface area (Å²) in [6, 6.07) is 0. The summed E-state index contributed by atoms with van der Waals surface area (Å²) in [6.07, 6.45) is 26.0. The first kappa shape index (κ1) is 49.6. The Balaban J connectivity index is 2.52. The first-order valence-corrected chi connectivity index (χ1v) is 21.8. The van der Waals surface area contributed by atoms with E-state index in [0.29, 0.717) is 12.8 Å². The van der Waals surface area contributed by atoms with Crippen LogP contribution >= 0.6 is 0 Å². The monoisotopic (exact) mass is 786 g/mol. The number of hydrogen-bond donors (Lipinski definition) is 4. The van der Waals surface area contributed by atoms with Crippen molar-refractivity contribution in [1.82, 2.24) is 0 Å². The van der Waals surface area contributed by atoms with E-state index in [1.165, 1.54) is 12.8 Å². The maximum atomic E-state index is 12.7. The number of unbranched alkanes of at least 4 members (excludes halogenated alkanes) is 12. The molecule has 0 bridgehead atoms. The van der Waals surface area contributed by atoms with E-state index < -0.39 is 71.2 Å². The minimum Gasteiger partial charge on any atom is -0.462 e. The van der Waals surface area contributed by atoms with E-state index in [-0.39, 0.29) is 19.4 Å². The molecule has 0 amide bonds. The van der Waals surface area contributed by atoms with Gasteiger partial charge in [0.2, 0.25) is 0 Å². The van der Waals surface area contributed by atoms with Gasteiger partial charge in [-0.25, -0.2) is 0 Å². The SMILES string of the molecule is CC/C=C/C/C=C/C/C=C/CCCCCCCC(=O)O[C@H](COC(=O)CCCCCCC/C=C/CCCC)CO[C@H]1O[C@H](CS(=O)(=O)O)[C@@H](O)C(O)C1O. The van der Waals surface area contributed by atoms with Crippen molar-refractivity contribution >= 4 is 22.1 Å². The Morgan fingerprint density at radius 2 is 1.17 bits per heavy atom. The Morgan fingerprint density at radius 3 is 1.76 bits per heavy atom. The molecular formula is C41H70O12S. The van der Waals surface area contributed by atoms with Crippen LogP contribution in [-0.2, 0) is 38.7 Å². The van der Waals surface area contributed by atoms with Crippen LogP contribution in [0.2, 0.25) is 0 Å². The number of esters is 2. The lowest BCUT2D eigenvalue weighted by Crippen LogP contribution is -2.60. The van der Waals surface area contributed by atoms with Gasteiger partial charge in [0.15, 0.2) is 12.4 Å². The highest BCUT2D eigenvalue weighted by molar-refractivity contribution is 7.85. The third-order valence-electron chi connectivity index (χ3n) is 8.89. The Bertz CT molecular complexity index is 1200. The average Bonchev–Trinajstić information content (AvgIpc) is 3.13. The molecule has 312 valence electrons. The van der Waals surface area contributed by atoms with E-state index in [1.807, 2.05) is 0 Å². The summed E-state index contributed by atoms with van der Waals surface area (Å²) in [5.74, 6) is -2.03. The van der Waals surface area contributed by atoms with Gasteiger partial charge in [-0.05, 0) is 64.2 Å². The predicted octanol–water partition coefficient (Wildman–Crippen LogP) is 7.22. The van der Waals surface area contributed by atoms with Gasteiger partial charge in [-0.2, -0.15) is 8.42 Å². The molecule has 1 saturated heterocycles. The largest absolute Gasteiger partial charge is 0.462 e. The zero-order valence-electron chi connectivity index (χ0n) is 32.8. The van der Waals surface area contributed by atoms with E-state index in [9.17, 15) is 37.9 Å². The van der Waals surface area contributed by atoms with Crippen LogP contribution in [0, 0.1) is 0 Å². The molecule has 4 N–H and O–H groups in total. The smallest absolute Gasteiger partial charge is 0.306 e. The molecule has 1 fully saturated rings. The summed E-state index contributed by atoms with van der Waals surface area (Å²) in [5, 5.41) is 30.8. The van der Waals surface area contributed by atoms with Crippen LogP contribution in [0.1, 0.15) is 142 Å². The molecule has 0 aromatic rings. The highest BCUT2D eigenvalue weighted by Gasteiger charge is 2.46. The first-order valence-electron chi connectivity index (χ1n) is 20.2. The molecule has 1 aliphatic heterocycles. The summed E-state index contributed by atoms with van der Waals surface area (Å²) in [4.78, 5) is 25.3. The number of rotatable bonds is 32. The molecule has 54 heavy (non-hydrogen) atoms. The zero-order valence-corrected chi connectivity index (χ0v) is 33.6. The van der Waals surface area contributed by atoms with Gasteiger partial charge < -0.3 is 34.3 Å². The zero-order chi connectivity index (χ0) is 39.9. The minimum absolute atomic E-state index is 0.141. The van der Waals surface area contributed by atoms with Gasteiger partial charge in [0.1, 0.15) is 36.8 Å². The second-order valence-corrected chi connectivity index (χ2v) is 15.4. The lowest BCUT2D eigenvalue weighted by atomic mass is 10.00. The topological polar surface area (TPSA) is 186 Å². The van der Waals surface area contributed by atoms with Gasteiger partial charge in [-0.15, -0.1) is 0 Å². The fourth-order valence-electron chi connectivity index (χ4n) is 5.73. The van der Waals surface area contributed by atoms with Crippen molar-refractivity contribution < 1.29 is 56.8 Å². The van der Waals surface area contributed by atoms with Crippen molar-refractivity contribution in [3.05, 3.63) is 48.6 Å². The van der Waals surface area contributed by atoms with E-state index >= 15 is 0 Å². The Labute approximate surface area is 324 Å². The average molecular weight is 787 g/mol. The van der Waals surface area contributed by atoms with Crippen LogP contribution in [-0.4, -0.2) is 96.0 Å². The van der Waals surface area contributed by atoms with E-state index in [1.54, 1.807) is 0 Å². The predicted molar refractivity (Wildman–Crippen MR) is 210 cm³/mol. The normalized spacial score (nSPS) is 21.5. The van der Waals surface area contributed by atoms with Crippen LogP contribution in [0.4, 0.5) is 0 Å². The van der Waals surface area contributed by atoms with Crippen molar-refractivity contribution in [3.8, 4) is 0 Å². The standard InChI is InChI=1S/C41H70O12S/c1-3-5-7-9-11-13-15-16-17-18-20-22-24-26-28-30-37(43)52-34(31-50-36(42)29-27-25-23-21-19-14-12-10-8-6-4-2)32-51-41-40(46)39(45)38(44)35(53-41)33-54(47,48)49/h5,7,10-13,16-17,34-35,38-41,44-46H,3-4,6,8-9,14-15,18-33H2,1-2H3,(H,47,48,49)/b7-5+,12-10+,13-11+,17-16+/t34-,35-,38-,39?,40?,41+/m1/s1. The number of carbonyl (C=O) groups is 2. The molecule has 0 aromatic heterocycles. The molecule has 0 aliphatic carbocycles. The van der Waals surface area contributed by atoms with Crippen LogP contribution in [0.15, 0.2) is 48.6 Å². The fourth-order valence-corrected chi connectivity index (χ4v) is 6.42. The van der Waals surface area contributed by atoms with Crippen LogP contribution in [0.3, 0.4) is 0 Å². The van der Waals surface area contributed by atoms with E-state index in [4.69, 9.17) is 18.9 Å². The van der Waals surface area contributed by atoms with Gasteiger partial charge in [-0.1, -0.05) is 114 Å². The lowest BCUT2D eigenvalue weighted by Gasteiger charge is -2.40. The minimum atomic E-state index is -4.60. The number of aliphatic hydroxyl groups excluding tert-OH is 3. The highest BCUT2D eigenvalue weighted by atomic mass is 32.2. The number of ether oxygens (including phenoxy) is 4. The summed E-state index contributed by atoms with van der Waals surface area (Å²) in [5.41, 5.74) is 0. The number of carbonyl (C=O) groups excluding carboxylic acids is 2. The molecule has 1 aliphatic rings. The van der Waals surface area contributed by atoms with Gasteiger partial charge in [0.25, 0.3) is 10.1 Å². The van der Waals surface area contributed by atoms with Crippen molar-refractivity contribution in [1.29, 1.82) is 0 Å². The molecule has 1 heterocycles. The maximum absolute atomic E-state index is 12.7. The summed E-state index contributed by atoms with van der Waals surface area (Å²) < 4.78 is 53.8. The van der Waals surface area contributed by atoms with Crippen molar-refractivity contribution in [3.63, 3.8) is 0 Å². The van der Waals surface area contributed by atoms with Crippen molar-refractivity contribution in [2.45, 2.75) is 179 Å². The summed E-state index contributed by atoms with van der Waals surface area (Å²) in [7, 11) is -4.60. The molecule has 12 nitrogen and oxygen atoms in total. The Hall–Kier alpha value is -2.39. The van der Waals surface area contributed by atoms with E-state index in [2.05, 4.69) is 62.5 Å². The van der Waals surface area contributed by atoms with Gasteiger partial charge in [-0.3, -0.25) is 14.1 Å². The fraction of sp³-hybridized carbons (Fsp3) is 0.756. The summed E-state index contributed by atoms with van der Waals surface area (Å²) >= 11 is 0. The molecule has 0 radical (unpaired) electrons. The van der Waals surface area contributed by atoms with Crippen molar-refractivity contribution in [2.75, 3.05) is 19.0 Å². The van der Waals surface area contributed by atoms with Gasteiger partial charge in [0.05, 0.1) is 6.61 Å². The van der Waals surface area contributed by atoms with E-state index in [0.717, 1.165) is 89.9 Å². The second-order valence-electron chi connectivity index (χ2n) is 13.9. The van der Waals surface area contributed by atoms with Crippen LogP contribution < -0.4 is 0 Å². The Kier molecular flexibility index (Phi) is 29.2. The van der Waals surface area contributed by atoms with Gasteiger partial charge in [0, 0.05) is 12.8 Å². The highest BCUT2D eigenvalue weighted by Crippen LogP contribution is 2.24. The first-order chi connectivity index (χ1) is 26.0. The molecule has 0 spiro atoms. The van der Waals surface area contributed by atoms with Crippen LogP contribution in [0.25, 0.3) is 0 Å². The molecule has 0 saturated carbocycles. The van der Waals surface area contributed by atoms with Gasteiger partial charge >= 0.3 is 11.9 Å². The number of hydrogen-bond acceptors (Lipinski definition) is 11. The quantitative estimate of drug-likeness (QED) is 0.0233. The molecule has 1 rings (SSSR count). The lowest BCUT2D eigenvalue weighted by molar-refractivity contribution is -0.297. The van der Waals surface area contributed by atoms with Crippen molar-refractivity contribution in [2.24, 2.45) is 0 Å². The molecular weight excluding hydrogens is 717 g/mol. The molecule has 2 unspecified atom stereocenters. The third kappa shape index (κ3) is 26.4.